The highest BCUT2D eigenvalue weighted by Crippen LogP contribution is 2.31. The summed E-state index contributed by atoms with van der Waals surface area (Å²) >= 11 is 3.39. The first kappa shape index (κ1) is 15.1. The number of rotatable bonds is 2. The highest BCUT2D eigenvalue weighted by molar-refractivity contribution is 9.10. The molecule has 7 heteroatoms. The molecule has 0 spiro atoms. The summed E-state index contributed by atoms with van der Waals surface area (Å²) in [7, 11) is 1.54. The third kappa shape index (κ3) is 2.73. The van der Waals surface area contributed by atoms with Crippen LogP contribution in [0.5, 0.6) is 5.88 Å². The molecule has 0 bridgehead atoms. The zero-order chi connectivity index (χ0) is 14.9. The molecule has 2 N–H and O–H groups in total. The van der Waals surface area contributed by atoms with E-state index >= 15 is 0 Å². The fourth-order valence-electron chi connectivity index (χ4n) is 2.22. The number of carbonyl (C=O) groups excluding carboxylic acids is 1. The second kappa shape index (κ2) is 5.97. The summed E-state index contributed by atoms with van der Waals surface area (Å²) < 4.78 is 5.82. The number of nitrogens with zero attached hydrogens (tertiary/aromatic N) is 2. The lowest BCUT2D eigenvalue weighted by atomic mass is 10.2. The van der Waals surface area contributed by atoms with Gasteiger partial charge >= 0.3 is 6.03 Å². The van der Waals surface area contributed by atoms with Crippen molar-refractivity contribution in [1.29, 1.82) is 0 Å². The van der Waals surface area contributed by atoms with Crippen LogP contribution in [0.1, 0.15) is 18.9 Å². The van der Waals surface area contributed by atoms with Gasteiger partial charge in [0.05, 0.1) is 35.6 Å². The third-order valence-electron chi connectivity index (χ3n) is 3.64. The smallest absolute Gasteiger partial charge is 0.322 e. The number of likely N-dealkylation sites (tertiary alicyclic amines) is 1. The van der Waals surface area contributed by atoms with E-state index in [1.807, 2.05) is 13.8 Å². The van der Waals surface area contributed by atoms with Crippen molar-refractivity contribution < 1.29 is 14.6 Å². The molecule has 1 aromatic heterocycles. The van der Waals surface area contributed by atoms with Gasteiger partial charge in [-0.15, -0.1) is 0 Å². The van der Waals surface area contributed by atoms with Gasteiger partial charge in [0, 0.05) is 6.54 Å². The molecule has 2 amide bonds. The van der Waals surface area contributed by atoms with Gasteiger partial charge in [0.25, 0.3) is 0 Å². The van der Waals surface area contributed by atoms with Gasteiger partial charge in [-0.05, 0) is 41.8 Å². The maximum absolute atomic E-state index is 12.2. The van der Waals surface area contributed by atoms with Crippen molar-refractivity contribution in [2.75, 3.05) is 19.0 Å². The number of hydrogen-bond donors (Lipinski definition) is 2. The number of anilines is 1. The normalized spacial score (nSPS) is 21.9. The summed E-state index contributed by atoms with van der Waals surface area (Å²) in [4.78, 5) is 18.0. The van der Waals surface area contributed by atoms with Crippen LogP contribution in [-0.2, 0) is 0 Å². The summed E-state index contributed by atoms with van der Waals surface area (Å²) in [5, 5.41) is 12.5. The first-order valence-electron chi connectivity index (χ1n) is 6.40. The molecule has 0 aromatic carbocycles. The van der Waals surface area contributed by atoms with Gasteiger partial charge in [0.2, 0.25) is 5.88 Å². The highest BCUT2D eigenvalue weighted by atomic mass is 79.9. The van der Waals surface area contributed by atoms with Gasteiger partial charge in [0.15, 0.2) is 0 Å². The van der Waals surface area contributed by atoms with E-state index in [0.29, 0.717) is 29.0 Å². The minimum atomic E-state index is -0.456. The van der Waals surface area contributed by atoms with Crippen LogP contribution < -0.4 is 10.1 Å². The molecule has 110 valence electrons. The van der Waals surface area contributed by atoms with Crippen LogP contribution in [0, 0.1) is 6.92 Å². The average Bonchev–Trinajstić information content (AvgIpc) is 2.76. The average molecular weight is 344 g/mol. The molecule has 1 fully saturated rings. The highest BCUT2D eigenvalue weighted by Gasteiger charge is 2.32. The zero-order valence-electron chi connectivity index (χ0n) is 11.7. The molecular weight excluding hydrogens is 326 g/mol. The van der Waals surface area contributed by atoms with Crippen molar-refractivity contribution in [1.82, 2.24) is 9.88 Å². The summed E-state index contributed by atoms with van der Waals surface area (Å²) in [5.74, 6) is 0.477. The van der Waals surface area contributed by atoms with E-state index in [4.69, 9.17) is 4.74 Å². The Bertz CT molecular complexity index is 524. The molecule has 0 aliphatic carbocycles. The number of ether oxygens (including phenoxy) is 1. The lowest BCUT2D eigenvalue weighted by molar-refractivity contribution is 0.135. The van der Waals surface area contributed by atoms with Crippen LogP contribution in [0.2, 0.25) is 0 Å². The van der Waals surface area contributed by atoms with Crippen LogP contribution in [0.3, 0.4) is 0 Å². The number of nitrogens with one attached hydrogen (secondary N) is 1. The molecule has 2 heterocycles. The lowest BCUT2D eigenvalue weighted by Crippen LogP contribution is -2.40. The second-order valence-corrected chi connectivity index (χ2v) is 5.63. The van der Waals surface area contributed by atoms with Crippen LogP contribution in [0.15, 0.2) is 10.7 Å². The first-order valence-corrected chi connectivity index (χ1v) is 7.19. The number of aliphatic hydroxyl groups excluding tert-OH is 1. The summed E-state index contributed by atoms with van der Waals surface area (Å²) in [6.07, 6.45) is 1.72. The largest absolute Gasteiger partial charge is 0.480 e. The maximum atomic E-state index is 12.2. The number of carbonyl (C=O) groups is 1. The zero-order valence-corrected chi connectivity index (χ0v) is 13.3. The second-order valence-electron chi connectivity index (χ2n) is 4.84. The molecule has 1 saturated heterocycles. The van der Waals surface area contributed by atoms with Crippen molar-refractivity contribution >= 4 is 27.6 Å². The van der Waals surface area contributed by atoms with Gasteiger partial charge in [-0.1, -0.05) is 0 Å². The molecule has 2 atom stereocenters. The van der Waals surface area contributed by atoms with Crippen molar-refractivity contribution in [3.63, 3.8) is 0 Å². The molecular formula is C13H18BrN3O3. The van der Waals surface area contributed by atoms with E-state index < -0.39 is 6.10 Å². The van der Waals surface area contributed by atoms with Crippen molar-refractivity contribution in [3.8, 4) is 5.88 Å². The SMILES string of the molecule is COc1ncc(NC(=O)N2CC[C@@H](O)[C@H]2C)c(C)c1Br. The van der Waals surface area contributed by atoms with E-state index in [0.717, 1.165) is 5.56 Å². The molecule has 2 rings (SSSR count). The third-order valence-corrected chi connectivity index (χ3v) is 4.58. The standard InChI is InChI=1S/C13H18BrN3O3/c1-7-9(6-15-12(20-3)11(7)14)16-13(19)17-5-4-10(18)8(17)2/h6,8,10,18H,4-5H2,1-3H3,(H,16,19)/t8-,10-/m1/s1. The molecule has 0 saturated carbocycles. The molecule has 0 radical (unpaired) electrons. The fourth-order valence-corrected chi connectivity index (χ4v) is 2.70. The lowest BCUT2D eigenvalue weighted by Gasteiger charge is -2.23. The molecule has 1 aliphatic rings. The Labute approximate surface area is 126 Å². The van der Waals surface area contributed by atoms with Gasteiger partial charge in [-0.2, -0.15) is 0 Å². The van der Waals surface area contributed by atoms with E-state index in [2.05, 4.69) is 26.2 Å². The minimum Gasteiger partial charge on any atom is -0.480 e. The molecule has 20 heavy (non-hydrogen) atoms. The first-order chi connectivity index (χ1) is 9.45. The topological polar surface area (TPSA) is 74.7 Å². The summed E-state index contributed by atoms with van der Waals surface area (Å²) in [5.41, 5.74) is 1.47. The van der Waals surface area contributed by atoms with Crippen LogP contribution >= 0.6 is 15.9 Å². The molecule has 6 nitrogen and oxygen atoms in total. The van der Waals surface area contributed by atoms with E-state index in [-0.39, 0.29) is 12.1 Å². The summed E-state index contributed by atoms with van der Waals surface area (Å²) in [6.45, 7) is 4.26. The number of aliphatic hydroxyl groups is 1. The van der Waals surface area contributed by atoms with Crippen LogP contribution in [0.25, 0.3) is 0 Å². The predicted octanol–water partition coefficient (Wildman–Crippen LogP) is 2.15. The Morgan fingerprint density at radius 1 is 1.65 bits per heavy atom. The van der Waals surface area contributed by atoms with E-state index in [1.165, 1.54) is 7.11 Å². The van der Waals surface area contributed by atoms with Crippen molar-refractivity contribution in [2.45, 2.75) is 32.4 Å². The number of aromatic nitrogens is 1. The number of halogens is 1. The molecule has 0 unspecified atom stereocenters. The van der Waals surface area contributed by atoms with E-state index in [9.17, 15) is 9.90 Å². The van der Waals surface area contributed by atoms with Gasteiger partial charge < -0.3 is 20.1 Å². The van der Waals surface area contributed by atoms with Crippen LogP contribution in [0.4, 0.5) is 10.5 Å². The number of methoxy groups -OCH3 is 1. The van der Waals surface area contributed by atoms with E-state index in [1.54, 1.807) is 11.1 Å². The van der Waals surface area contributed by atoms with Gasteiger partial charge in [-0.25, -0.2) is 9.78 Å². The Morgan fingerprint density at radius 3 is 2.90 bits per heavy atom. The summed E-state index contributed by atoms with van der Waals surface area (Å²) in [6, 6.07) is -0.402. The number of urea groups is 1. The Kier molecular flexibility index (Phi) is 4.49. The van der Waals surface area contributed by atoms with Crippen LogP contribution in [-0.4, -0.2) is 46.8 Å². The van der Waals surface area contributed by atoms with Crippen molar-refractivity contribution in [2.24, 2.45) is 0 Å². The Hall–Kier alpha value is -1.34. The molecule has 1 aromatic rings. The fraction of sp³-hybridized carbons (Fsp3) is 0.538. The predicted molar refractivity (Wildman–Crippen MR) is 79.0 cm³/mol. The Morgan fingerprint density at radius 2 is 2.35 bits per heavy atom. The maximum Gasteiger partial charge on any atom is 0.322 e. The minimum absolute atomic E-state index is 0.176. The molecule has 1 aliphatic heterocycles. The van der Waals surface area contributed by atoms with Gasteiger partial charge in [0.1, 0.15) is 0 Å². The number of pyridine rings is 1. The quantitative estimate of drug-likeness (QED) is 0.862. The number of hydrogen-bond acceptors (Lipinski definition) is 4. The number of amides is 2. The Balaban J connectivity index is 2.14. The monoisotopic (exact) mass is 343 g/mol. The van der Waals surface area contributed by atoms with Gasteiger partial charge in [-0.3, -0.25) is 0 Å². The van der Waals surface area contributed by atoms with Crippen molar-refractivity contribution in [3.05, 3.63) is 16.2 Å².